The molecule has 98 valence electrons. The van der Waals surface area contributed by atoms with Crippen molar-refractivity contribution in [2.75, 3.05) is 5.32 Å². The van der Waals surface area contributed by atoms with Gasteiger partial charge in [0.15, 0.2) is 5.69 Å². The summed E-state index contributed by atoms with van der Waals surface area (Å²) < 4.78 is 0. The minimum atomic E-state index is -0.523. The number of hydrogen-bond donors (Lipinski definition) is 2. The Kier molecular flexibility index (Phi) is 2.88. The summed E-state index contributed by atoms with van der Waals surface area (Å²) in [5.41, 5.74) is -0.262. The highest BCUT2D eigenvalue weighted by Crippen LogP contribution is 2.13. The fraction of sp³-hybridized carbons (Fsp3) is 0. The van der Waals surface area contributed by atoms with E-state index in [1.54, 1.807) is 24.3 Å². The molecule has 0 aliphatic carbocycles. The standard InChI is InChI=1S/C12H8N6O2/c19-10-8-4-2-1-3-7(8)9(16-17-10)11(20)15-12-13-5-6-14-18-12/h1-6H,(H,17,19)(H,13,15,18,20). The van der Waals surface area contributed by atoms with Crippen LogP contribution < -0.4 is 10.9 Å². The van der Waals surface area contributed by atoms with Gasteiger partial charge in [-0.15, -0.1) is 5.10 Å². The van der Waals surface area contributed by atoms with E-state index in [2.05, 4.69) is 30.7 Å². The van der Waals surface area contributed by atoms with Crippen LogP contribution in [0.15, 0.2) is 41.5 Å². The maximum Gasteiger partial charge on any atom is 0.279 e. The first kappa shape index (κ1) is 11.9. The van der Waals surface area contributed by atoms with Crippen molar-refractivity contribution < 1.29 is 4.79 Å². The number of carbonyl (C=O) groups excluding carboxylic acids is 1. The molecule has 3 aromatic rings. The van der Waals surface area contributed by atoms with Gasteiger partial charge < -0.3 is 0 Å². The Morgan fingerprint density at radius 1 is 1.15 bits per heavy atom. The van der Waals surface area contributed by atoms with Crippen molar-refractivity contribution in [3.8, 4) is 0 Å². The highest BCUT2D eigenvalue weighted by Gasteiger charge is 2.14. The van der Waals surface area contributed by atoms with E-state index >= 15 is 0 Å². The van der Waals surface area contributed by atoms with Crippen molar-refractivity contribution in [1.82, 2.24) is 25.4 Å². The van der Waals surface area contributed by atoms with Crippen molar-refractivity contribution in [1.29, 1.82) is 0 Å². The molecule has 0 fully saturated rings. The number of benzene rings is 1. The van der Waals surface area contributed by atoms with Crippen LogP contribution in [0.2, 0.25) is 0 Å². The summed E-state index contributed by atoms with van der Waals surface area (Å²) in [6, 6.07) is 6.70. The van der Waals surface area contributed by atoms with E-state index in [0.29, 0.717) is 10.8 Å². The van der Waals surface area contributed by atoms with Gasteiger partial charge in [-0.1, -0.05) is 18.2 Å². The number of rotatable bonds is 2. The number of anilines is 1. The van der Waals surface area contributed by atoms with Gasteiger partial charge in [0.2, 0.25) is 5.95 Å². The van der Waals surface area contributed by atoms with Gasteiger partial charge in [-0.05, 0) is 6.07 Å². The molecular formula is C12H8N6O2. The van der Waals surface area contributed by atoms with E-state index in [4.69, 9.17) is 0 Å². The van der Waals surface area contributed by atoms with Crippen LogP contribution >= 0.6 is 0 Å². The lowest BCUT2D eigenvalue weighted by Gasteiger charge is -2.04. The summed E-state index contributed by atoms with van der Waals surface area (Å²) in [5, 5.41) is 16.6. The summed E-state index contributed by atoms with van der Waals surface area (Å²) in [6.07, 6.45) is 2.80. The first-order valence-electron chi connectivity index (χ1n) is 5.68. The summed E-state index contributed by atoms with van der Waals surface area (Å²) >= 11 is 0. The second kappa shape index (κ2) is 4.84. The zero-order valence-corrected chi connectivity index (χ0v) is 10.1. The molecule has 8 heteroatoms. The third-order valence-electron chi connectivity index (χ3n) is 2.62. The smallest absolute Gasteiger partial charge is 0.279 e. The van der Waals surface area contributed by atoms with Crippen LogP contribution in [0.25, 0.3) is 10.8 Å². The number of hydrogen-bond acceptors (Lipinski definition) is 6. The predicted octanol–water partition coefficient (Wildman–Crippen LogP) is 0.360. The van der Waals surface area contributed by atoms with Gasteiger partial charge in [-0.3, -0.25) is 14.9 Å². The molecule has 0 saturated heterocycles. The fourth-order valence-corrected chi connectivity index (χ4v) is 1.75. The molecule has 0 unspecified atom stereocenters. The molecule has 0 aliphatic rings. The summed E-state index contributed by atoms with van der Waals surface area (Å²) in [6.45, 7) is 0. The second-order valence-electron chi connectivity index (χ2n) is 3.87. The fourth-order valence-electron chi connectivity index (χ4n) is 1.75. The van der Waals surface area contributed by atoms with Gasteiger partial charge in [0.05, 0.1) is 17.8 Å². The lowest BCUT2D eigenvalue weighted by molar-refractivity contribution is 0.102. The molecule has 0 saturated carbocycles. The Bertz CT molecular complexity index is 830. The minimum Gasteiger partial charge on any atom is -0.288 e. The van der Waals surface area contributed by atoms with E-state index in [9.17, 15) is 9.59 Å². The van der Waals surface area contributed by atoms with Crippen molar-refractivity contribution >= 4 is 22.6 Å². The number of amides is 1. The molecule has 2 aromatic heterocycles. The van der Waals surface area contributed by atoms with Gasteiger partial charge in [0.25, 0.3) is 11.5 Å². The molecule has 3 rings (SSSR count). The van der Waals surface area contributed by atoms with Crippen LogP contribution in [0.5, 0.6) is 0 Å². The highest BCUT2D eigenvalue weighted by atomic mass is 16.2. The first-order chi connectivity index (χ1) is 9.75. The Morgan fingerprint density at radius 2 is 1.95 bits per heavy atom. The quantitative estimate of drug-likeness (QED) is 0.693. The van der Waals surface area contributed by atoms with Gasteiger partial charge in [-0.25, -0.2) is 10.1 Å². The molecule has 2 heterocycles. The van der Waals surface area contributed by atoms with Crippen LogP contribution in [0, 0.1) is 0 Å². The molecule has 1 amide bonds. The molecule has 0 bridgehead atoms. The third kappa shape index (κ3) is 2.09. The van der Waals surface area contributed by atoms with E-state index in [1.165, 1.54) is 12.4 Å². The number of aromatic nitrogens is 5. The molecular weight excluding hydrogens is 260 g/mol. The van der Waals surface area contributed by atoms with Crippen molar-refractivity contribution in [2.45, 2.75) is 0 Å². The van der Waals surface area contributed by atoms with Crippen LogP contribution in [-0.2, 0) is 0 Å². The number of aromatic amines is 1. The Labute approximate surface area is 111 Å². The van der Waals surface area contributed by atoms with Crippen molar-refractivity contribution in [2.24, 2.45) is 0 Å². The van der Waals surface area contributed by atoms with Gasteiger partial charge in [-0.2, -0.15) is 10.2 Å². The van der Waals surface area contributed by atoms with Crippen LogP contribution in [0.1, 0.15) is 10.5 Å². The maximum absolute atomic E-state index is 12.1. The van der Waals surface area contributed by atoms with Crippen LogP contribution in [0.4, 0.5) is 5.95 Å². The maximum atomic E-state index is 12.1. The van der Waals surface area contributed by atoms with Gasteiger partial charge >= 0.3 is 0 Å². The normalized spacial score (nSPS) is 10.4. The average Bonchev–Trinajstić information content (AvgIpc) is 2.49. The number of H-pyrrole nitrogens is 1. The zero-order chi connectivity index (χ0) is 13.9. The lowest BCUT2D eigenvalue weighted by atomic mass is 10.1. The Morgan fingerprint density at radius 3 is 2.70 bits per heavy atom. The molecule has 20 heavy (non-hydrogen) atoms. The summed E-state index contributed by atoms with van der Waals surface area (Å²) in [4.78, 5) is 27.6. The van der Waals surface area contributed by atoms with E-state index in [1.807, 2.05) is 0 Å². The zero-order valence-electron chi connectivity index (χ0n) is 10.1. The predicted molar refractivity (Wildman–Crippen MR) is 70.1 cm³/mol. The molecule has 0 radical (unpaired) electrons. The molecule has 1 aromatic carbocycles. The summed E-state index contributed by atoms with van der Waals surface area (Å²) in [5.74, 6) is -0.458. The van der Waals surface area contributed by atoms with Crippen LogP contribution in [0.3, 0.4) is 0 Å². The molecule has 8 nitrogen and oxygen atoms in total. The monoisotopic (exact) mass is 268 g/mol. The molecule has 0 spiro atoms. The lowest BCUT2D eigenvalue weighted by Crippen LogP contribution is -2.20. The molecule has 0 aliphatic heterocycles. The number of carbonyl (C=O) groups is 1. The minimum absolute atomic E-state index is 0.0644. The third-order valence-corrected chi connectivity index (χ3v) is 2.62. The Balaban J connectivity index is 2.04. The van der Waals surface area contributed by atoms with Gasteiger partial charge in [0.1, 0.15) is 0 Å². The number of nitrogens with one attached hydrogen (secondary N) is 2. The number of nitrogens with zero attached hydrogens (tertiary/aromatic N) is 4. The van der Waals surface area contributed by atoms with Crippen molar-refractivity contribution in [3.63, 3.8) is 0 Å². The van der Waals surface area contributed by atoms with Gasteiger partial charge in [0, 0.05) is 5.39 Å². The molecule has 2 N–H and O–H groups in total. The average molecular weight is 268 g/mol. The second-order valence-corrected chi connectivity index (χ2v) is 3.87. The first-order valence-corrected chi connectivity index (χ1v) is 5.68. The largest absolute Gasteiger partial charge is 0.288 e. The van der Waals surface area contributed by atoms with E-state index < -0.39 is 5.91 Å². The SMILES string of the molecule is O=C(Nc1nccnn1)c1n[nH]c(=O)c2ccccc12. The Hall–Kier alpha value is -3.16. The number of fused-ring (bicyclic) bond motifs is 1. The van der Waals surface area contributed by atoms with E-state index in [-0.39, 0.29) is 17.2 Å². The van der Waals surface area contributed by atoms with Crippen molar-refractivity contribution in [3.05, 3.63) is 52.7 Å². The highest BCUT2D eigenvalue weighted by molar-refractivity contribution is 6.10. The topological polar surface area (TPSA) is 114 Å². The molecule has 0 atom stereocenters. The van der Waals surface area contributed by atoms with E-state index in [0.717, 1.165) is 0 Å². The summed E-state index contributed by atoms with van der Waals surface area (Å²) in [7, 11) is 0. The van der Waals surface area contributed by atoms with Crippen LogP contribution in [-0.4, -0.2) is 31.3 Å².